The maximum Gasteiger partial charge on any atom is 0.324 e. The van der Waals surface area contributed by atoms with Crippen molar-refractivity contribution in [2.75, 3.05) is 18.6 Å². The fourth-order valence-electron chi connectivity index (χ4n) is 4.23. The van der Waals surface area contributed by atoms with Crippen LogP contribution in [0.1, 0.15) is 35.1 Å². The van der Waals surface area contributed by atoms with Crippen LogP contribution in [0.3, 0.4) is 0 Å². The smallest absolute Gasteiger partial charge is 0.324 e. The first-order valence-electron chi connectivity index (χ1n) is 11.3. The van der Waals surface area contributed by atoms with Gasteiger partial charge in [-0.1, -0.05) is 48.5 Å². The molecule has 0 aliphatic carbocycles. The molecule has 33 heavy (non-hydrogen) atoms. The number of nitrogens with two attached hydrogens (primary N) is 1. The van der Waals surface area contributed by atoms with Crippen LogP contribution in [0.4, 0.5) is 5.69 Å². The Kier molecular flexibility index (Phi) is 7.47. The van der Waals surface area contributed by atoms with Gasteiger partial charge in [0.05, 0.1) is 19.2 Å². The second-order valence-electron chi connectivity index (χ2n) is 8.24. The highest BCUT2D eigenvalue weighted by Gasteiger charge is 2.21. The largest absolute Gasteiger partial charge is 0.497 e. The van der Waals surface area contributed by atoms with Gasteiger partial charge in [0.2, 0.25) is 0 Å². The summed E-state index contributed by atoms with van der Waals surface area (Å²) in [5.41, 5.74) is 5.86. The normalized spacial score (nSPS) is 12.7. The maximum atomic E-state index is 11.2. The molecular weight excluding hydrogens is 416 g/mol. The molecule has 6 nitrogen and oxygen atoms in total. The van der Waals surface area contributed by atoms with E-state index in [0.29, 0.717) is 13.0 Å². The zero-order valence-corrected chi connectivity index (χ0v) is 19.0. The number of methoxy groups -OCH3 is 1. The Balaban J connectivity index is 1.45. The van der Waals surface area contributed by atoms with Gasteiger partial charge in [-0.15, -0.1) is 0 Å². The van der Waals surface area contributed by atoms with Gasteiger partial charge in [-0.2, -0.15) is 5.90 Å². The minimum Gasteiger partial charge on any atom is -0.497 e. The first kappa shape index (κ1) is 22.7. The number of ether oxygens (including phenoxy) is 2. The third-order valence-corrected chi connectivity index (χ3v) is 5.95. The molecule has 0 spiro atoms. The summed E-state index contributed by atoms with van der Waals surface area (Å²) < 4.78 is 11.7. The van der Waals surface area contributed by atoms with Gasteiger partial charge in [0.1, 0.15) is 18.1 Å². The summed E-state index contributed by atoms with van der Waals surface area (Å²) in [6.45, 7) is 2.28. The highest BCUT2D eigenvalue weighted by molar-refractivity contribution is 5.69. The molecule has 0 saturated heterocycles. The van der Waals surface area contributed by atoms with Gasteiger partial charge < -0.3 is 19.2 Å². The van der Waals surface area contributed by atoms with Crippen molar-refractivity contribution in [1.29, 1.82) is 0 Å². The summed E-state index contributed by atoms with van der Waals surface area (Å²) in [7, 11) is 1.70. The Bertz CT molecular complexity index is 1080. The van der Waals surface area contributed by atoms with Crippen LogP contribution in [0, 0.1) is 0 Å². The summed E-state index contributed by atoms with van der Waals surface area (Å²) in [5.74, 6) is 6.27. The monoisotopic (exact) mass is 446 g/mol. The molecule has 1 aliphatic rings. The molecule has 1 heterocycles. The average molecular weight is 447 g/mol. The Hall–Kier alpha value is -3.51. The number of benzene rings is 3. The minimum absolute atomic E-state index is 0.269. The maximum absolute atomic E-state index is 11.2. The lowest BCUT2D eigenvalue weighted by atomic mass is 10.00. The molecule has 4 rings (SSSR count). The topological polar surface area (TPSA) is 74.0 Å². The molecule has 0 aromatic heterocycles. The van der Waals surface area contributed by atoms with Crippen LogP contribution in [-0.2, 0) is 35.6 Å². The van der Waals surface area contributed by atoms with E-state index in [9.17, 15) is 4.79 Å². The highest BCUT2D eigenvalue weighted by Crippen LogP contribution is 2.37. The molecule has 0 fully saturated rings. The molecule has 0 saturated carbocycles. The number of rotatable bonds is 9. The van der Waals surface area contributed by atoms with Crippen molar-refractivity contribution in [3.8, 4) is 11.5 Å². The van der Waals surface area contributed by atoms with E-state index in [1.54, 1.807) is 7.11 Å². The van der Waals surface area contributed by atoms with Gasteiger partial charge in [0.15, 0.2) is 0 Å². The molecule has 0 unspecified atom stereocenters. The molecular formula is C27H30N2O4. The Morgan fingerprint density at radius 3 is 2.58 bits per heavy atom. The Labute approximate surface area is 194 Å². The number of carbonyl (C=O) groups is 1. The zero-order valence-electron chi connectivity index (χ0n) is 19.0. The lowest BCUT2D eigenvalue weighted by molar-refractivity contribution is -0.144. The van der Waals surface area contributed by atoms with E-state index >= 15 is 0 Å². The number of hydrogen-bond acceptors (Lipinski definition) is 6. The van der Waals surface area contributed by atoms with E-state index < -0.39 is 5.97 Å². The van der Waals surface area contributed by atoms with Gasteiger partial charge in [0.25, 0.3) is 0 Å². The van der Waals surface area contributed by atoms with E-state index in [4.69, 9.17) is 15.4 Å². The van der Waals surface area contributed by atoms with E-state index in [2.05, 4.69) is 40.1 Å². The van der Waals surface area contributed by atoms with Gasteiger partial charge in [-0.25, -0.2) is 0 Å². The minimum atomic E-state index is -0.408. The molecule has 3 aromatic carbocycles. The van der Waals surface area contributed by atoms with Crippen molar-refractivity contribution in [3.63, 3.8) is 0 Å². The van der Waals surface area contributed by atoms with E-state index in [0.717, 1.165) is 48.6 Å². The van der Waals surface area contributed by atoms with Crippen molar-refractivity contribution in [2.24, 2.45) is 5.90 Å². The number of fused-ring (bicyclic) bond motifs is 1. The highest BCUT2D eigenvalue weighted by atomic mass is 16.7. The molecule has 0 bridgehead atoms. The zero-order chi connectivity index (χ0) is 23.0. The summed E-state index contributed by atoms with van der Waals surface area (Å²) in [4.78, 5) is 17.8. The lowest BCUT2D eigenvalue weighted by Gasteiger charge is -2.33. The van der Waals surface area contributed by atoms with Crippen LogP contribution >= 0.6 is 0 Å². The Morgan fingerprint density at radius 2 is 1.79 bits per heavy atom. The second-order valence-corrected chi connectivity index (χ2v) is 8.24. The molecule has 6 heteroatoms. The standard InChI is InChI=1S/C27H30N2O4/c1-31-24-8-2-5-22(17-24)18-29-16-4-7-23-6-3-9-25(27(23)29)32-19-21-12-10-20(11-13-21)14-15-26(30)33-28/h2-3,5-6,8-13,17H,4,7,14-16,18-19,28H2,1H3. The predicted octanol–water partition coefficient (Wildman–Crippen LogP) is 4.58. The van der Waals surface area contributed by atoms with Crippen LogP contribution in [0.5, 0.6) is 11.5 Å². The molecule has 1 aliphatic heterocycles. The van der Waals surface area contributed by atoms with E-state index in [1.165, 1.54) is 16.8 Å². The van der Waals surface area contributed by atoms with Crippen molar-refractivity contribution in [1.82, 2.24) is 0 Å². The molecule has 0 atom stereocenters. The van der Waals surface area contributed by atoms with Gasteiger partial charge in [0, 0.05) is 13.1 Å². The van der Waals surface area contributed by atoms with Crippen molar-refractivity contribution in [2.45, 2.75) is 38.8 Å². The van der Waals surface area contributed by atoms with Gasteiger partial charge in [-0.05, 0) is 59.7 Å². The van der Waals surface area contributed by atoms with Crippen molar-refractivity contribution >= 4 is 11.7 Å². The van der Waals surface area contributed by atoms with Crippen LogP contribution in [-0.4, -0.2) is 19.6 Å². The number of hydrogen-bond donors (Lipinski definition) is 1. The third kappa shape index (κ3) is 5.84. The van der Waals surface area contributed by atoms with Crippen LogP contribution in [0.2, 0.25) is 0 Å². The number of anilines is 1. The van der Waals surface area contributed by atoms with Crippen LogP contribution < -0.4 is 20.3 Å². The molecule has 2 N–H and O–H groups in total. The summed E-state index contributed by atoms with van der Waals surface area (Å²) in [5, 5.41) is 0. The number of aryl methyl sites for hydroxylation is 2. The lowest BCUT2D eigenvalue weighted by Crippen LogP contribution is -2.29. The van der Waals surface area contributed by atoms with Gasteiger partial charge in [-0.3, -0.25) is 4.79 Å². The third-order valence-electron chi connectivity index (χ3n) is 5.95. The molecule has 0 radical (unpaired) electrons. The second kappa shape index (κ2) is 10.9. The number of para-hydroxylation sites is 1. The fraction of sp³-hybridized carbons (Fsp3) is 0.296. The average Bonchev–Trinajstić information content (AvgIpc) is 2.86. The molecule has 3 aromatic rings. The number of nitrogens with zero attached hydrogens (tertiary/aromatic N) is 1. The van der Waals surface area contributed by atoms with Crippen LogP contribution in [0.25, 0.3) is 0 Å². The first-order valence-corrected chi connectivity index (χ1v) is 11.3. The van der Waals surface area contributed by atoms with Gasteiger partial charge >= 0.3 is 5.97 Å². The first-order chi connectivity index (χ1) is 16.2. The predicted molar refractivity (Wildman–Crippen MR) is 128 cm³/mol. The quantitative estimate of drug-likeness (QED) is 0.485. The summed E-state index contributed by atoms with van der Waals surface area (Å²) in [6.07, 6.45) is 3.05. The molecule has 0 amide bonds. The van der Waals surface area contributed by atoms with E-state index in [1.807, 2.05) is 36.4 Å². The fourth-order valence-corrected chi connectivity index (χ4v) is 4.23. The summed E-state index contributed by atoms with van der Waals surface area (Å²) >= 11 is 0. The SMILES string of the molecule is COc1cccc(CN2CCCc3cccc(OCc4ccc(CCC(=O)ON)cc4)c32)c1. The summed E-state index contributed by atoms with van der Waals surface area (Å²) in [6, 6.07) is 22.6. The van der Waals surface area contributed by atoms with E-state index in [-0.39, 0.29) is 6.42 Å². The molecule has 172 valence electrons. The Morgan fingerprint density at radius 1 is 1.00 bits per heavy atom. The van der Waals surface area contributed by atoms with Crippen molar-refractivity contribution in [3.05, 3.63) is 89.0 Å². The van der Waals surface area contributed by atoms with Crippen molar-refractivity contribution < 1.29 is 19.1 Å². The van der Waals surface area contributed by atoms with Crippen LogP contribution in [0.15, 0.2) is 66.7 Å². The number of carbonyl (C=O) groups excluding carboxylic acids is 1.